The number of rotatable bonds is 5. The number of fused-ring (bicyclic) bond motifs is 1. The van der Waals surface area contributed by atoms with E-state index in [1.54, 1.807) is 9.58 Å². The topological polar surface area (TPSA) is 80.1 Å². The highest BCUT2D eigenvalue weighted by Gasteiger charge is 2.37. The van der Waals surface area contributed by atoms with Crippen molar-refractivity contribution >= 4 is 28.5 Å². The Kier molecular flexibility index (Phi) is 5.84. The number of nitrogens with zero attached hydrogens (tertiary/aromatic N) is 4. The summed E-state index contributed by atoms with van der Waals surface area (Å²) in [5.74, 6) is 0.583. The van der Waals surface area contributed by atoms with Crippen molar-refractivity contribution in [1.82, 2.24) is 19.7 Å². The van der Waals surface area contributed by atoms with Crippen LogP contribution < -0.4 is 5.32 Å². The third-order valence-electron chi connectivity index (χ3n) is 6.81. The van der Waals surface area contributed by atoms with Gasteiger partial charge in [0.15, 0.2) is 5.82 Å². The summed E-state index contributed by atoms with van der Waals surface area (Å²) in [6.07, 6.45) is 0.197. The van der Waals surface area contributed by atoms with Gasteiger partial charge in [-0.3, -0.25) is 9.59 Å². The first-order valence-corrected chi connectivity index (χ1v) is 11.9. The zero-order valence-corrected chi connectivity index (χ0v) is 20.4. The number of benzene rings is 2. The Hall–Kier alpha value is -4.00. The molecular weight excluding hydrogens is 438 g/mol. The molecule has 5 rings (SSSR count). The van der Waals surface area contributed by atoms with Gasteiger partial charge in [-0.25, -0.2) is 4.98 Å². The molecule has 7 nitrogen and oxygen atoms in total. The summed E-state index contributed by atoms with van der Waals surface area (Å²) in [7, 11) is 0. The zero-order chi connectivity index (χ0) is 24.7. The van der Waals surface area contributed by atoms with E-state index in [1.807, 2.05) is 82.3 Å². The van der Waals surface area contributed by atoms with Gasteiger partial charge in [-0.1, -0.05) is 48.5 Å². The van der Waals surface area contributed by atoms with Gasteiger partial charge in [-0.2, -0.15) is 9.78 Å². The van der Waals surface area contributed by atoms with E-state index in [1.165, 1.54) is 0 Å². The van der Waals surface area contributed by atoms with Gasteiger partial charge < -0.3 is 10.2 Å². The maximum absolute atomic E-state index is 13.2. The van der Waals surface area contributed by atoms with Crippen molar-refractivity contribution in [2.24, 2.45) is 5.92 Å². The van der Waals surface area contributed by atoms with E-state index in [0.717, 1.165) is 33.3 Å². The standard InChI is InChI=1S/C28H29N5O2/c1-17-9-8-12-23-18(2)13-24(29-27(17)23)33-25(14-19(3)31-33)30-28(35)22-15-26(34)32(16-22)20(4)21-10-6-5-7-11-21/h5-14,20,22H,15-16H2,1-4H3,(H,30,35). The van der Waals surface area contributed by atoms with Crippen LogP contribution in [0, 0.1) is 26.7 Å². The Morgan fingerprint density at radius 1 is 1.03 bits per heavy atom. The number of pyridine rings is 1. The number of hydrogen-bond donors (Lipinski definition) is 1. The van der Waals surface area contributed by atoms with Crippen molar-refractivity contribution in [2.75, 3.05) is 11.9 Å². The van der Waals surface area contributed by atoms with Gasteiger partial charge in [0.05, 0.1) is 23.2 Å². The highest BCUT2D eigenvalue weighted by molar-refractivity contribution is 5.97. The minimum absolute atomic E-state index is 0.00603. The largest absolute Gasteiger partial charge is 0.335 e. The van der Waals surface area contributed by atoms with Crippen molar-refractivity contribution in [3.63, 3.8) is 0 Å². The van der Waals surface area contributed by atoms with E-state index in [4.69, 9.17) is 4.98 Å². The fourth-order valence-electron chi connectivity index (χ4n) is 4.84. The second-order valence-electron chi connectivity index (χ2n) is 9.37. The van der Waals surface area contributed by atoms with Crippen LogP contribution in [0.1, 0.15) is 41.8 Å². The second-order valence-corrected chi connectivity index (χ2v) is 9.37. The molecule has 0 bridgehead atoms. The summed E-state index contributed by atoms with van der Waals surface area (Å²) in [5.41, 5.74) is 4.92. The highest BCUT2D eigenvalue weighted by Crippen LogP contribution is 2.30. The minimum atomic E-state index is -0.425. The van der Waals surface area contributed by atoms with Crippen molar-refractivity contribution in [3.05, 3.63) is 83.0 Å². The first-order valence-electron chi connectivity index (χ1n) is 11.9. The fourth-order valence-corrected chi connectivity index (χ4v) is 4.84. The molecule has 1 fully saturated rings. The Balaban J connectivity index is 1.39. The molecule has 0 spiro atoms. The SMILES string of the molecule is Cc1cc(NC(=O)C2CC(=O)N(C(C)c3ccccc3)C2)n(-c2cc(C)c3cccc(C)c3n2)n1. The number of amides is 2. The third kappa shape index (κ3) is 4.30. The van der Waals surface area contributed by atoms with E-state index in [9.17, 15) is 9.59 Å². The van der Waals surface area contributed by atoms with Crippen molar-refractivity contribution in [3.8, 4) is 5.82 Å². The van der Waals surface area contributed by atoms with E-state index < -0.39 is 5.92 Å². The number of likely N-dealkylation sites (tertiary alicyclic amines) is 1. The molecule has 1 aliphatic heterocycles. The predicted octanol–water partition coefficient (Wildman–Crippen LogP) is 4.89. The first kappa shape index (κ1) is 22.8. The molecule has 2 aromatic heterocycles. The zero-order valence-electron chi connectivity index (χ0n) is 20.4. The molecule has 3 heterocycles. The summed E-state index contributed by atoms with van der Waals surface area (Å²) in [6.45, 7) is 8.36. The molecule has 2 unspecified atom stereocenters. The van der Waals surface area contributed by atoms with Crippen LogP contribution in [0.5, 0.6) is 0 Å². The maximum atomic E-state index is 13.2. The van der Waals surface area contributed by atoms with E-state index in [-0.39, 0.29) is 24.3 Å². The lowest BCUT2D eigenvalue weighted by molar-refractivity contribution is -0.129. The van der Waals surface area contributed by atoms with E-state index in [0.29, 0.717) is 18.2 Å². The highest BCUT2D eigenvalue weighted by atomic mass is 16.2. The van der Waals surface area contributed by atoms with Crippen LogP contribution in [0.25, 0.3) is 16.7 Å². The molecule has 4 aromatic rings. The van der Waals surface area contributed by atoms with Crippen LogP contribution >= 0.6 is 0 Å². The quantitative estimate of drug-likeness (QED) is 0.453. The van der Waals surface area contributed by atoms with Gasteiger partial charge >= 0.3 is 0 Å². The van der Waals surface area contributed by atoms with E-state index in [2.05, 4.69) is 16.5 Å². The Morgan fingerprint density at radius 3 is 2.57 bits per heavy atom. The van der Waals surface area contributed by atoms with Gasteiger partial charge in [-0.15, -0.1) is 0 Å². The fraction of sp³-hybridized carbons (Fsp3) is 0.286. The number of nitrogens with one attached hydrogen (secondary N) is 1. The number of aromatic nitrogens is 3. The summed E-state index contributed by atoms with van der Waals surface area (Å²) in [5, 5.41) is 8.71. The lowest BCUT2D eigenvalue weighted by Gasteiger charge is -2.25. The number of hydrogen-bond acceptors (Lipinski definition) is 4. The number of aryl methyl sites for hydroxylation is 3. The summed E-state index contributed by atoms with van der Waals surface area (Å²) in [4.78, 5) is 32.6. The average molecular weight is 468 g/mol. The normalized spacial score (nSPS) is 16.6. The Bertz CT molecular complexity index is 1430. The second kappa shape index (κ2) is 8.98. The molecule has 7 heteroatoms. The molecule has 35 heavy (non-hydrogen) atoms. The number of carbonyl (C=O) groups is 2. The number of carbonyl (C=O) groups excluding carboxylic acids is 2. The van der Waals surface area contributed by atoms with Crippen LogP contribution in [0.4, 0.5) is 5.82 Å². The molecule has 2 amide bonds. The number of anilines is 1. The van der Waals surface area contributed by atoms with Gasteiger partial charge in [0, 0.05) is 24.4 Å². The smallest absolute Gasteiger partial charge is 0.230 e. The molecule has 1 saturated heterocycles. The molecule has 1 N–H and O–H groups in total. The van der Waals surface area contributed by atoms with Crippen LogP contribution in [0.15, 0.2) is 60.7 Å². The summed E-state index contributed by atoms with van der Waals surface area (Å²) < 4.78 is 1.67. The molecule has 2 atom stereocenters. The van der Waals surface area contributed by atoms with Crippen LogP contribution in [0.2, 0.25) is 0 Å². The van der Waals surface area contributed by atoms with Gasteiger partial charge in [-0.05, 0) is 50.5 Å². The van der Waals surface area contributed by atoms with Crippen LogP contribution in [-0.2, 0) is 9.59 Å². The average Bonchev–Trinajstić information content (AvgIpc) is 3.42. The van der Waals surface area contributed by atoms with Gasteiger partial charge in [0.25, 0.3) is 0 Å². The first-order chi connectivity index (χ1) is 16.8. The van der Waals surface area contributed by atoms with Crippen LogP contribution in [0.3, 0.4) is 0 Å². The van der Waals surface area contributed by atoms with Gasteiger partial charge in [0.2, 0.25) is 11.8 Å². The Labute approximate surface area is 204 Å². The lowest BCUT2D eigenvalue weighted by Crippen LogP contribution is -2.30. The number of para-hydroxylation sites is 1. The van der Waals surface area contributed by atoms with Crippen molar-refractivity contribution < 1.29 is 9.59 Å². The molecule has 2 aromatic carbocycles. The van der Waals surface area contributed by atoms with E-state index >= 15 is 0 Å². The molecule has 0 aliphatic carbocycles. The third-order valence-corrected chi connectivity index (χ3v) is 6.81. The van der Waals surface area contributed by atoms with Crippen molar-refractivity contribution in [2.45, 2.75) is 40.2 Å². The molecule has 178 valence electrons. The van der Waals surface area contributed by atoms with Gasteiger partial charge in [0.1, 0.15) is 5.82 Å². The maximum Gasteiger partial charge on any atom is 0.230 e. The molecular formula is C28H29N5O2. The lowest BCUT2D eigenvalue weighted by atomic mass is 10.1. The molecule has 1 aliphatic rings. The Morgan fingerprint density at radius 2 is 1.80 bits per heavy atom. The van der Waals surface area contributed by atoms with Crippen LogP contribution in [-0.4, -0.2) is 38.0 Å². The summed E-state index contributed by atoms with van der Waals surface area (Å²) >= 11 is 0. The monoisotopic (exact) mass is 467 g/mol. The summed E-state index contributed by atoms with van der Waals surface area (Å²) in [6, 6.07) is 19.7. The molecule has 0 saturated carbocycles. The predicted molar refractivity (Wildman–Crippen MR) is 136 cm³/mol. The van der Waals surface area contributed by atoms with Crippen molar-refractivity contribution in [1.29, 1.82) is 0 Å². The minimum Gasteiger partial charge on any atom is -0.335 e. The molecule has 0 radical (unpaired) electrons.